The largest absolute Gasteiger partial charge is 0.369 e. The summed E-state index contributed by atoms with van der Waals surface area (Å²) < 4.78 is 1.01. The minimum atomic E-state index is 0.386. The van der Waals surface area contributed by atoms with Gasteiger partial charge in [0.1, 0.15) is 11.6 Å². The van der Waals surface area contributed by atoms with E-state index < -0.39 is 0 Å². The first kappa shape index (κ1) is 18.4. The summed E-state index contributed by atoms with van der Waals surface area (Å²) in [7, 11) is 0. The summed E-state index contributed by atoms with van der Waals surface area (Å²) in [5.74, 6) is 2.26. The molecule has 1 aromatic rings. The minimum absolute atomic E-state index is 0.386. The van der Waals surface area contributed by atoms with Crippen molar-refractivity contribution in [1.29, 1.82) is 0 Å². The van der Waals surface area contributed by atoms with E-state index in [2.05, 4.69) is 60.8 Å². The Morgan fingerprint density at radius 1 is 1.14 bits per heavy atom. The van der Waals surface area contributed by atoms with Crippen molar-refractivity contribution in [2.45, 2.75) is 53.4 Å². The maximum atomic E-state index is 4.76. The van der Waals surface area contributed by atoms with Crippen molar-refractivity contribution in [3.63, 3.8) is 0 Å². The third-order valence-electron chi connectivity index (χ3n) is 3.56. The molecule has 0 aromatic carbocycles. The van der Waals surface area contributed by atoms with E-state index in [-0.39, 0.29) is 0 Å². The average molecular weight is 357 g/mol. The number of nitrogens with one attached hydrogen (secondary N) is 1. The zero-order valence-electron chi connectivity index (χ0n) is 14.0. The predicted molar refractivity (Wildman–Crippen MR) is 94.1 cm³/mol. The van der Waals surface area contributed by atoms with E-state index in [1.165, 1.54) is 0 Å². The van der Waals surface area contributed by atoms with E-state index in [0.29, 0.717) is 5.92 Å². The molecule has 0 radical (unpaired) electrons. The molecular formula is C16H29BrN4. The molecule has 0 amide bonds. The zero-order chi connectivity index (χ0) is 15.8. The topological polar surface area (TPSA) is 41.1 Å². The lowest BCUT2D eigenvalue weighted by Crippen LogP contribution is -2.26. The molecule has 4 nitrogen and oxygen atoms in total. The maximum Gasteiger partial charge on any atom is 0.144 e. The van der Waals surface area contributed by atoms with Gasteiger partial charge in [-0.2, -0.15) is 0 Å². The smallest absolute Gasteiger partial charge is 0.144 e. The van der Waals surface area contributed by atoms with Crippen LogP contribution in [0, 0.1) is 0 Å². The Morgan fingerprint density at radius 3 is 2.33 bits per heavy atom. The van der Waals surface area contributed by atoms with Crippen LogP contribution in [0.3, 0.4) is 0 Å². The van der Waals surface area contributed by atoms with Gasteiger partial charge in [0.15, 0.2) is 0 Å². The Balaban J connectivity index is 2.94. The van der Waals surface area contributed by atoms with Crippen molar-refractivity contribution in [3.05, 3.63) is 16.0 Å². The molecule has 5 heteroatoms. The molecule has 1 rings (SSSR count). The fourth-order valence-corrected chi connectivity index (χ4v) is 2.94. The van der Waals surface area contributed by atoms with Crippen LogP contribution in [0.1, 0.15) is 58.5 Å². The van der Waals surface area contributed by atoms with E-state index in [0.717, 1.165) is 60.8 Å². The van der Waals surface area contributed by atoms with Gasteiger partial charge in [0.05, 0.1) is 10.2 Å². The predicted octanol–water partition coefficient (Wildman–Crippen LogP) is 4.07. The Morgan fingerprint density at radius 2 is 1.81 bits per heavy atom. The van der Waals surface area contributed by atoms with E-state index in [4.69, 9.17) is 9.97 Å². The number of aromatic nitrogens is 2. The molecule has 0 bridgehead atoms. The highest BCUT2D eigenvalue weighted by Crippen LogP contribution is 2.29. The second-order valence-corrected chi connectivity index (χ2v) is 6.34. The van der Waals surface area contributed by atoms with Crippen molar-refractivity contribution in [1.82, 2.24) is 14.9 Å². The van der Waals surface area contributed by atoms with Crippen LogP contribution in [0.25, 0.3) is 0 Å². The Labute approximate surface area is 137 Å². The fraction of sp³-hybridized carbons (Fsp3) is 0.750. The first-order valence-corrected chi connectivity index (χ1v) is 8.85. The van der Waals surface area contributed by atoms with Gasteiger partial charge < -0.3 is 10.2 Å². The molecule has 0 aliphatic rings. The molecule has 0 spiro atoms. The zero-order valence-corrected chi connectivity index (χ0v) is 15.6. The van der Waals surface area contributed by atoms with Crippen molar-refractivity contribution in [3.8, 4) is 0 Å². The summed E-state index contributed by atoms with van der Waals surface area (Å²) >= 11 is 3.66. The number of nitrogens with zero attached hydrogens (tertiary/aromatic N) is 3. The second kappa shape index (κ2) is 9.36. The third kappa shape index (κ3) is 5.55. The normalized spacial score (nSPS) is 11.4. The van der Waals surface area contributed by atoms with E-state index in [1.54, 1.807) is 0 Å². The second-order valence-electron chi connectivity index (χ2n) is 5.55. The van der Waals surface area contributed by atoms with Crippen LogP contribution in [0.2, 0.25) is 0 Å². The molecule has 0 saturated carbocycles. The number of anilines is 1. The summed E-state index contributed by atoms with van der Waals surface area (Å²) in [5, 5.41) is 3.40. The molecule has 1 N–H and O–H groups in total. The molecule has 0 aliphatic carbocycles. The standard InChI is InChI=1S/C16H29BrN4/c1-6-10-18-16-14(17)15(12(4)5)19-13(20-16)9-11-21(7-2)8-3/h12H,6-11H2,1-5H3,(H,18,19,20). The molecule has 1 heterocycles. The molecule has 0 atom stereocenters. The van der Waals surface area contributed by atoms with Crippen molar-refractivity contribution >= 4 is 21.7 Å². The Bertz CT molecular complexity index is 431. The van der Waals surface area contributed by atoms with Crippen LogP contribution in [0.4, 0.5) is 5.82 Å². The minimum Gasteiger partial charge on any atom is -0.369 e. The molecule has 0 fully saturated rings. The van der Waals surface area contributed by atoms with Gasteiger partial charge in [-0.25, -0.2) is 9.97 Å². The van der Waals surface area contributed by atoms with Gasteiger partial charge in [0.25, 0.3) is 0 Å². The van der Waals surface area contributed by atoms with Crippen LogP contribution in [-0.4, -0.2) is 41.0 Å². The molecule has 1 aromatic heterocycles. The molecular weight excluding hydrogens is 328 g/mol. The number of halogens is 1. The quantitative estimate of drug-likeness (QED) is 0.723. The molecule has 0 unspecified atom stereocenters. The van der Waals surface area contributed by atoms with Gasteiger partial charge in [-0.05, 0) is 41.4 Å². The average Bonchev–Trinajstić information content (AvgIpc) is 2.47. The van der Waals surface area contributed by atoms with Gasteiger partial charge >= 0.3 is 0 Å². The van der Waals surface area contributed by atoms with Crippen LogP contribution in [0.5, 0.6) is 0 Å². The highest BCUT2D eigenvalue weighted by molar-refractivity contribution is 9.10. The maximum absolute atomic E-state index is 4.76. The highest BCUT2D eigenvalue weighted by Gasteiger charge is 2.15. The summed E-state index contributed by atoms with van der Waals surface area (Å²) in [6.45, 7) is 15.0. The van der Waals surface area contributed by atoms with Crippen molar-refractivity contribution in [2.24, 2.45) is 0 Å². The summed E-state index contributed by atoms with van der Waals surface area (Å²) in [6.07, 6.45) is 1.98. The van der Waals surface area contributed by atoms with Gasteiger partial charge in [-0.1, -0.05) is 34.6 Å². The van der Waals surface area contributed by atoms with Gasteiger partial charge in [0.2, 0.25) is 0 Å². The molecule has 120 valence electrons. The lowest BCUT2D eigenvalue weighted by molar-refractivity contribution is 0.305. The summed E-state index contributed by atoms with van der Waals surface area (Å²) in [6, 6.07) is 0. The van der Waals surface area contributed by atoms with E-state index in [9.17, 15) is 0 Å². The van der Waals surface area contributed by atoms with Crippen LogP contribution in [-0.2, 0) is 6.42 Å². The monoisotopic (exact) mass is 356 g/mol. The van der Waals surface area contributed by atoms with E-state index in [1.807, 2.05) is 0 Å². The van der Waals surface area contributed by atoms with Gasteiger partial charge in [0, 0.05) is 19.5 Å². The lowest BCUT2D eigenvalue weighted by Gasteiger charge is -2.19. The van der Waals surface area contributed by atoms with Crippen LogP contribution >= 0.6 is 15.9 Å². The number of hydrogen-bond acceptors (Lipinski definition) is 4. The molecule has 0 saturated heterocycles. The molecule has 0 aliphatic heterocycles. The van der Waals surface area contributed by atoms with Gasteiger partial charge in [-0.15, -0.1) is 0 Å². The first-order valence-electron chi connectivity index (χ1n) is 8.05. The van der Waals surface area contributed by atoms with Gasteiger partial charge in [-0.3, -0.25) is 0 Å². The summed E-state index contributed by atoms with van der Waals surface area (Å²) in [4.78, 5) is 11.9. The summed E-state index contributed by atoms with van der Waals surface area (Å²) in [5.41, 5.74) is 1.10. The van der Waals surface area contributed by atoms with E-state index >= 15 is 0 Å². The number of rotatable bonds is 9. The SMILES string of the molecule is CCCNc1nc(CCN(CC)CC)nc(C(C)C)c1Br. The van der Waals surface area contributed by atoms with Crippen LogP contribution in [0.15, 0.2) is 4.47 Å². The molecule has 21 heavy (non-hydrogen) atoms. The van der Waals surface area contributed by atoms with Crippen molar-refractivity contribution < 1.29 is 0 Å². The fourth-order valence-electron chi connectivity index (χ4n) is 2.17. The highest BCUT2D eigenvalue weighted by atomic mass is 79.9. The lowest BCUT2D eigenvalue weighted by atomic mass is 10.1. The first-order chi connectivity index (χ1) is 10.0. The van der Waals surface area contributed by atoms with Crippen LogP contribution < -0.4 is 5.32 Å². The third-order valence-corrected chi connectivity index (χ3v) is 4.34. The number of hydrogen-bond donors (Lipinski definition) is 1. The van der Waals surface area contributed by atoms with Crippen molar-refractivity contribution in [2.75, 3.05) is 31.5 Å². The Hall–Kier alpha value is -0.680. The number of likely N-dealkylation sites (N-methyl/N-ethyl adjacent to an activating group) is 1. The Kier molecular flexibility index (Phi) is 8.19.